The summed E-state index contributed by atoms with van der Waals surface area (Å²) in [7, 11) is 0. The van der Waals surface area contributed by atoms with Crippen LogP contribution in [-0.2, 0) is 17.6 Å². The smallest absolute Gasteiger partial charge is 0.328 e. The second kappa shape index (κ2) is 4.94. The number of hydrogen-bond acceptors (Lipinski definition) is 4. The zero-order chi connectivity index (χ0) is 13.2. The monoisotopic (exact) mass is 241 g/mol. The molecule has 0 saturated carbocycles. The lowest BCUT2D eigenvalue weighted by Gasteiger charge is -2.09. The number of nitro groups is 1. The number of carbonyl (C=O) groups is 1. The Labute approximate surface area is 98.2 Å². The minimum Gasteiger partial charge on any atom is -0.480 e. The average molecular weight is 241 g/mol. The first-order valence-electron chi connectivity index (χ1n) is 5.41. The van der Waals surface area contributed by atoms with Gasteiger partial charge in [0.2, 0.25) is 0 Å². The van der Waals surface area contributed by atoms with Gasteiger partial charge in [-0.1, -0.05) is 13.8 Å². The van der Waals surface area contributed by atoms with E-state index >= 15 is 0 Å². The van der Waals surface area contributed by atoms with Crippen molar-refractivity contribution in [1.82, 2.24) is 9.78 Å². The zero-order valence-corrected chi connectivity index (χ0v) is 10.0. The van der Waals surface area contributed by atoms with Crippen molar-refractivity contribution in [2.45, 2.75) is 39.7 Å². The normalized spacial score (nSPS) is 12.4. The van der Waals surface area contributed by atoms with E-state index in [0.29, 0.717) is 24.2 Å². The van der Waals surface area contributed by atoms with E-state index in [1.165, 1.54) is 11.6 Å². The Bertz CT molecular complexity index is 453. The Hall–Kier alpha value is -1.92. The molecule has 1 heterocycles. The van der Waals surface area contributed by atoms with Crippen molar-refractivity contribution < 1.29 is 14.8 Å². The predicted molar refractivity (Wildman–Crippen MR) is 60.0 cm³/mol. The molecule has 0 unspecified atom stereocenters. The first-order valence-corrected chi connectivity index (χ1v) is 5.41. The summed E-state index contributed by atoms with van der Waals surface area (Å²) in [6.07, 6.45) is 0.781. The molecular formula is C10H15N3O4. The highest BCUT2D eigenvalue weighted by Gasteiger charge is 2.29. The van der Waals surface area contributed by atoms with Crippen LogP contribution in [0.5, 0.6) is 0 Å². The third-order valence-electron chi connectivity index (χ3n) is 2.63. The van der Waals surface area contributed by atoms with Crippen LogP contribution < -0.4 is 0 Å². The molecule has 0 aliphatic heterocycles. The Morgan fingerprint density at radius 1 is 1.53 bits per heavy atom. The molecule has 0 bridgehead atoms. The van der Waals surface area contributed by atoms with Gasteiger partial charge in [0.15, 0.2) is 0 Å². The first-order chi connectivity index (χ1) is 7.93. The Balaban J connectivity index is 3.42. The van der Waals surface area contributed by atoms with Crippen LogP contribution >= 0.6 is 0 Å². The number of aliphatic carboxylic acids is 1. The van der Waals surface area contributed by atoms with Gasteiger partial charge in [-0.2, -0.15) is 5.10 Å². The average Bonchev–Trinajstić information content (AvgIpc) is 2.65. The van der Waals surface area contributed by atoms with E-state index in [0.717, 1.165) is 0 Å². The van der Waals surface area contributed by atoms with E-state index in [1.54, 1.807) is 13.8 Å². The van der Waals surface area contributed by atoms with E-state index in [1.807, 2.05) is 0 Å². The van der Waals surface area contributed by atoms with E-state index in [2.05, 4.69) is 5.10 Å². The predicted octanol–water partition coefficient (Wildman–Crippen LogP) is 1.56. The molecule has 0 aromatic carbocycles. The maximum absolute atomic E-state index is 11.0. The third kappa shape index (κ3) is 2.27. The van der Waals surface area contributed by atoms with Gasteiger partial charge in [0.25, 0.3) is 0 Å². The standard InChI is InChI=1S/C10H15N3O4/c1-4-7-9(13(16)17)8(5-2)12(11-7)6(3)10(14)15/h6H,4-5H2,1-3H3,(H,14,15)/t6-/m0/s1. The maximum atomic E-state index is 11.0. The maximum Gasteiger partial charge on any atom is 0.328 e. The molecule has 1 N–H and O–H groups in total. The molecule has 1 atom stereocenters. The van der Waals surface area contributed by atoms with Gasteiger partial charge in [-0.05, 0) is 19.8 Å². The van der Waals surface area contributed by atoms with Gasteiger partial charge in [-0.25, -0.2) is 9.48 Å². The van der Waals surface area contributed by atoms with Crippen molar-refractivity contribution in [3.05, 3.63) is 21.5 Å². The van der Waals surface area contributed by atoms with Crippen LogP contribution in [-0.4, -0.2) is 25.8 Å². The molecule has 0 fully saturated rings. The largest absolute Gasteiger partial charge is 0.480 e. The highest BCUT2D eigenvalue weighted by Crippen LogP contribution is 2.27. The lowest BCUT2D eigenvalue weighted by molar-refractivity contribution is -0.386. The second-order valence-electron chi connectivity index (χ2n) is 3.66. The number of carboxylic acids is 1. The molecule has 1 aromatic rings. The first kappa shape index (κ1) is 13.1. The molecule has 94 valence electrons. The van der Waals surface area contributed by atoms with Crippen molar-refractivity contribution in [2.24, 2.45) is 0 Å². The Morgan fingerprint density at radius 3 is 2.47 bits per heavy atom. The topological polar surface area (TPSA) is 98.3 Å². The highest BCUT2D eigenvalue weighted by atomic mass is 16.6. The summed E-state index contributed by atoms with van der Waals surface area (Å²) >= 11 is 0. The summed E-state index contributed by atoms with van der Waals surface area (Å²) in [4.78, 5) is 21.4. The Kier molecular flexibility index (Phi) is 3.82. The molecule has 7 heteroatoms. The van der Waals surface area contributed by atoms with Gasteiger partial charge >= 0.3 is 11.7 Å². The molecule has 0 aliphatic carbocycles. The molecular weight excluding hydrogens is 226 g/mol. The van der Waals surface area contributed by atoms with Crippen molar-refractivity contribution in [1.29, 1.82) is 0 Å². The van der Waals surface area contributed by atoms with Crippen molar-refractivity contribution >= 4 is 11.7 Å². The van der Waals surface area contributed by atoms with Crippen LogP contribution in [0.25, 0.3) is 0 Å². The fourth-order valence-corrected chi connectivity index (χ4v) is 1.72. The number of rotatable bonds is 5. The molecule has 0 radical (unpaired) electrons. The molecule has 1 aromatic heterocycles. The molecule has 0 saturated heterocycles. The zero-order valence-electron chi connectivity index (χ0n) is 10.0. The number of aromatic nitrogens is 2. The molecule has 1 rings (SSSR count). The number of aryl methyl sites for hydroxylation is 1. The minimum absolute atomic E-state index is 0.0527. The van der Waals surface area contributed by atoms with Gasteiger partial charge in [-0.3, -0.25) is 10.1 Å². The van der Waals surface area contributed by atoms with Crippen LogP contribution in [0.15, 0.2) is 0 Å². The number of nitrogens with zero attached hydrogens (tertiary/aromatic N) is 3. The van der Waals surface area contributed by atoms with Crippen molar-refractivity contribution in [2.75, 3.05) is 0 Å². The number of hydrogen-bond donors (Lipinski definition) is 1. The lowest BCUT2D eigenvalue weighted by atomic mass is 10.2. The van der Waals surface area contributed by atoms with Gasteiger partial charge < -0.3 is 5.11 Å². The molecule has 0 amide bonds. The second-order valence-corrected chi connectivity index (χ2v) is 3.66. The summed E-state index contributed by atoms with van der Waals surface area (Å²) in [5.74, 6) is -1.06. The fourth-order valence-electron chi connectivity index (χ4n) is 1.72. The van der Waals surface area contributed by atoms with Gasteiger partial charge in [-0.15, -0.1) is 0 Å². The summed E-state index contributed by atoms with van der Waals surface area (Å²) in [6.45, 7) is 4.96. The van der Waals surface area contributed by atoms with Gasteiger partial charge in [0, 0.05) is 0 Å². The quantitative estimate of drug-likeness (QED) is 0.623. The van der Waals surface area contributed by atoms with Crippen LogP contribution in [0, 0.1) is 10.1 Å². The van der Waals surface area contributed by atoms with Gasteiger partial charge in [0.1, 0.15) is 17.4 Å². The molecule has 0 aliphatic rings. The number of carboxylic acid groups (broad SMARTS) is 1. The molecule has 0 spiro atoms. The third-order valence-corrected chi connectivity index (χ3v) is 2.63. The van der Waals surface area contributed by atoms with Crippen LogP contribution in [0.1, 0.15) is 38.2 Å². The Morgan fingerprint density at radius 2 is 2.12 bits per heavy atom. The van der Waals surface area contributed by atoms with E-state index in [4.69, 9.17) is 5.11 Å². The summed E-state index contributed by atoms with van der Waals surface area (Å²) in [5.41, 5.74) is 0.643. The summed E-state index contributed by atoms with van der Waals surface area (Å²) in [6, 6.07) is -0.899. The van der Waals surface area contributed by atoms with Crippen LogP contribution in [0.4, 0.5) is 5.69 Å². The fraction of sp³-hybridized carbons (Fsp3) is 0.600. The lowest BCUT2D eigenvalue weighted by Crippen LogP contribution is -2.19. The van der Waals surface area contributed by atoms with E-state index in [9.17, 15) is 14.9 Å². The summed E-state index contributed by atoms with van der Waals surface area (Å²) in [5, 5.41) is 23.9. The van der Waals surface area contributed by atoms with E-state index in [-0.39, 0.29) is 5.69 Å². The van der Waals surface area contributed by atoms with Crippen LogP contribution in [0.2, 0.25) is 0 Å². The minimum atomic E-state index is -1.06. The molecule has 7 nitrogen and oxygen atoms in total. The SMILES string of the molecule is CCc1nn([C@@H](C)C(=O)O)c(CC)c1[N+](=O)[O-]. The summed E-state index contributed by atoms with van der Waals surface area (Å²) < 4.78 is 1.24. The van der Waals surface area contributed by atoms with E-state index < -0.39 is 16.9 Å². The van der Waals surface area contributed by atoms with Crippen LogP contribution in [0.3, 0.4) is 0 Å². The highest BCUT2D eigenvalue weighted by molar-refractivity contribution is 5.71. The van der Waals surface area contributed by atoms with Gasteiger partial charge in [0.05, 0.1) is 4.92 Å². The van der Waals surface area contributed by atoms with Crippen molar-refractivity contribution in [3.8, 4) is 0 Å². The molecule has 17 heavy (non-hydrogen) atoms. The van der Waals surface area contributed by atoms with Crippen molar-refractivity contribution in [3.63, 3.8) is 0 Å².